The molecule has 184 valence electrons. The van der Waals surface area contributed by atoms with Gasteiger partial charge >= 0.3 is 0 Å². The lowest BCUT2D eigenvalue weighted by atomic mass is 10.1. The standard InChI is InChI=1S/C31H26N2O4/c1-35-29-18-24-10-4-3-9-23(24)17-27(29)31(34)33-32-19-21-14-15-28(30(16-21)36-2)37-20-25-12-7-11-22-8-5-6-13-26(22)25/h3-19H,20H2,1-2H3,(H,33,34). The Balaban J connectivity index is 1.28. The van der Waals surface area contributed by atoms with Crippen molar-refractivity contribution in [3.63, 3.8) is 0 Å². The number of fused-ring (bicyclic) bond motifs is 2. The third kappa shape index (κ3) is 5.23. The van der Waals surface area contributed by atoms with Crippen LogP contribution in [0.4, 0.5) is 0 Å². The second kappa shape index (κ2) is 10.8. The molecule has 0 unspecified atom stereocenters. The molecule has 1 N–H and O–H groups in total. The van der Waals surface area contributed by atoms with Crippen molar-refractivity contribution in [3.05, 3.63) is 114 Å². The number of rotatable bonds is 8. The SMILES string of the molecule is COc1cc(C=NNC(=O)c2cc3ccccc3cc2OC)ccc1OCc1cccc2ccccc12. The smallest absolute Gasteiger partial charge is 0.275 e. The number of benzene rings is 5. The van der Waals surface area contributed by atoms with Crippen LogP contribution in [0.5, 0.6) is 17.2 Å². The molecule has 0 saturated carbocycles. The minimum atomic E-state index is -0.360. The van der Waals surface area contributed by atoms with Gasteiger partial charge in [0.25, 0.3) is 5.91 Å². The van der Waals surface area contributed by atoms with E-state index < -0.39 is 0 Å². The zero-order valence-electron chi connectivity index (χ0n) is 20.6. The molecule has 37 heavy (non-hydrogen) atoms. The molecule has 0 radical (unpaired) electrons. The molecule has 0 spiro atoms. The summed E-state index contributed by atoms with van der Waals surface area (Å²) in [6.07, 6.45) is 1.56. The minimum absolute atomic E-state index is 0.360. The van der Waals surface area contributed by atoms with Crippen LogP contribution in [0.25, 0.3) is 21.5 Å². The number of hydrogen-bond donors (Lipinski definition) is 1. The van der Waals surface area contributed by atoms with Crippen LogP contribution in [0, 0.1) is 0 Å². The maximum absolute atomic E-state index is 12.8. The van der Waals surface area contributed by atoms with E-state index in [9.17, 15) is 4.79 Å². The number of amides is 1. The first-order chi connectivity index (χ1) is 18.2. The van der Waals surface area contributed by atoms with E-state index in [0.29, 0.717) is 29.4 Å². The molecule has 0 aromatic heterocycles. The number of hydrogen-bond acceptors (Lipinski definition) is 5. The van der Waals surface area contributed by atoms with E-state index in [1.807, 2.05) is 66.7 Å². The van der Waals surface area contributed by atoms with E-state index in [-0.39, 0.29) is 5.91 Å². The highest BCUT2D eigenvalue weighted by Crippen LogP contribution is 2.30. The Morgan fingerprint density at radius 2 is 1.46 bits per heavy atom. The minimum Gasteiger partial charge on any atom is -0.496 e. The van der Waals surface area contributed by atoms with Crippen LogP contribution < -0.4 is 19.6 Å². The molecule has 0 aliphatic rings. The summed E-state index contributed by atoms with van der Waals surface area (Å²) in [4.78, 5) is 12.8. The van der Waals surface area contributed by atoms with Crippen molar-refractivity contribution >= 4 is 33.7 Å². The molecule has 0 bridgehead atoms. The first-order valence-electron chi connectivity index (χ1n) is 11.8. The van der Waals surface area contributed by atoms with Crippen LogP contribution in [-0.2, 0) is 6.61 Å². The van der Waals surface area contributed by atoms with E-state index in [0.717, 1.165) is 27.3 Å². The fourth-order valence-corrected chi connectivity index (χ4v) is 4.25. The molecule has 0 aliphatic heterocycles. The molecular weight excluding hydrogens is 464 g/mol. The third-order valence-electron chi connectivity index (χ3n) is 6.14. The average molecular weight is 491 g/mol. The highest BCUT2D eigenvalue weighted by atomic mass is 16.5. The zero-order valence-corrected chi connectivity index (χ0v) is 20.6. The molecule has 5 aromatic carbocycles. The first-order valence-corrected chi connectivity index (χ1v) is 11.8. The lowest BCUT2D eigenvalue weighted by Crippen LogP contribution is -2.18. The number of nitrogens with zero attached hydrogens (tertiary/aromatic N) is 1. The maximum atomic E-state index is 12.8. The molecule has 0 atom stereocenters. The second-order valence-corrected chi connectivity index (χ2v) is 8.44. The summed E-state index contributed by atoms with van der Waals surface area (Å²) in [6, 6.07) is 31.3. The Kier molecular flexibility index (Phi) is 6.99. The molecule has 0 saturated heterocycles. The van der Waals surface area contributed by atoms with Gasteiger partial charge in [0.2, 0.25) is 0 Å². The fraction of sp³-hybridized carbons (Fsp3) is 0.0968. The van der Waals surface area contributed by atoms with Crippen molar-refractivity contribution in [2.24, 2.45) is 5.10 Å². The molecule has 1 amide bonds. The number of nitrogens with one attached hydrogen (secondary N) is 1. The van der Waals surface area contributed by atoms with Gasteiger partial charge in [-0.25, -0.2) is 5.43 Å². The van der Waals surface area contributed by atoms with Gasteiger partial charge in [-0.15, -0.1) is 0 Å². The van der Waals surface area contributed by atoms with Crippen molar-refractivity contribution in [1.82, 2.24) is 5.43 Å². The molecule has 6 nitrogen and oxygen atoms in total. The van der Waals surface area contributed by atoms with Crippen molar-refractivity contribution in [3.8, 4) is 17.2 Å². The summed E-state index contributed by atoms with van der Waals surface area (Å²) in [6.45, 7) is 0.412. The molecule has 0 fully saturated rings. The summed E-state index contributed by atoms with van der Waals surface area (Å²) in [5.74, 6) is 1.32. The van der Waals surface area contributed by atoms with Crippen LogP contribution >= 0.6 is 0 Å². The van der Waals surface area contributed by atoms with E-state index >= 15 is 0 Å². The third-order valence-corrected chi connectivity index (χ3v) is 6.14. The van der Waals surface area contributed by atoms with E-state index in [2.05, 4.69) is 34.8 Å². The van der Waals surface area contributed by atoms with Crippen LogP contribution in [0.2, 0.25) is 0 Å². The quantitative estimate of drug-likeness (QED) is 0.203. The molecule has 5 aromatic rings. The highest BCUT2D eigenvalue weighted by Gasteiger charge is 2.13. The van der Waals surface area contributed by atoms with Crippen molar-refractivity contribution < 1.29 is 19.0 Å². The zero-order chi connectivity index (χ0) is 25.6. The molecule has 0 heterocycles. The summed E-state index contributed by atoms with van der Waals surface area (Å²) in [5, 5.41) is 8.40. The monoisotopic (exact) mass is 490 g/mol. The van der Waals surface area contributed by atoms with E-state index in [4.69, 9.17) is 14.2 Å². The Hall–Kier alpha value is -4.84. The predicted octanol–water partition coefficient (Wildman–Crippen LogP) is 6.35. The number of methoxy groups -OCH3 is 2. The van der Waals surface area contributed by atoms with Gasteiger partial charge < -0.3 is 14.2 Å². The van der Waals surface area contributed by atoms with E-state index in [1.165, 1.54) is 5.39 Å². The fourth-order valence-electron chi connectivity index (χ4n) is 4.25. The van der Waals surface area contributed by atoms with Gasteiger partial charge in [0.05, 0.1) is 26.0 Å². The lowest BCUT2D eigenvalue weighted by Gasteiger charge is -2.13. The van der Waals surface area contributed by atoms with Crippen molar-refractivity contribution in [2.45, 2.75) is 6.61 Å². The van der Waals surface area contributed by atoms with Gasteiger partial charge in [0.1, 0.15) is 12.4 Å². The van der Waals surface area contributed by atoms with Crippen LogP contribution in [-0.4, -0.2) is 26.3 Å². The van der Waals surface area contributed by atoms with Crippen molar-refractivity contribution in [2.75, 3.05) is 14.2 Å². The van der Waals surface area contributed by atoms with Crippen LogP contribution in [0.1, 0.15) is 21.5 Å². The van der Waals surface area contributed by atoms with Gasteiger partial charge in [-0.2, -0.15) is 5.10 Å². The van der Waals surface area contributed by atoms with Gasteiger partial charge in [-0.05, 0) is 63.0 Å². The number of carbonyl (C=O) groups is 1. The second-order valence-electron chi connectivity index (χ2n) is 8.44. The van der Waals surface area contributed by atoms with Gasteiger partial charge in [0, 0.05) is 0 Å². The average Bonchev–Trinajstić information content (AvgIpc) is 2.95. The molecular formula is C31H26N2O4. The predicted molar refractivity (Wildman–Crippen MR) is 147 cm³/mol. The number of ether oxygens (including phenoxy) is 3. The maximum Gasteiger partial charge on any atom is 0.275 e. The Labute approximate surface area is 215 Å². The highest BCUT2D eigenvalue weighted by molar-refractivity contribution is 6.02. The van der Waals surface area contributed by atoms with Gasteiger partial charge in [0.15, 0.2) is 11.5 Å². The molecule has 0 aliphatic carbocycles. The van der Waals surface area contributed by atoms with Gasteiger partial charge in [-0.1, -0.05) is 66.7 Å². The van der Waals surface area contributed by atoms with E-state index in [1.54, 1.807) is 26.5 Å². The normalized spacial score (nSPS) is 11.1. The molecule has 5 rings (SSSR count). The Morgan fingerprint density at radius 1 is 0.757 bits per heavy atom. The number of carbonyl (C=O) groups excluding carboxylic acids is 1. The summed E-state index contributed by atoms with van der Waals surface area (Å²) < 4.78 is 17.0. The summed E-state index contributed by atoms with van der Waals surface area (Å²) in [7, 11) is 3.13. The molecule has 6 heteroatoms. The van der Waals surface area contributed by atoms with Crippen LogP contribution in [0.15, 0.2) is 102 Å². The van der Waals surface area contributed by atoms with Crippen LogP contribution in [0.3, 0.4) is 0 Å². The van der Waals surface area contributed by atoms with Gasteiger partial charge in [-0.3, -0.25) is 4.79 Å². The summed E-state index contributed by atoms with van der Waals surface area (Å²) >= 11 is 0. The summed E-state index contributed by atoms with van der Waals surface area (Å²) in [5.41, 5.74) is 4.84. The largest absolute Gasteiger partial charge is 0.496 e. The Bertz CT molecular complexity index is 1610. The Morgan fingerprint density at radius 3 is 2.24 bits per heavy atom. The first kappa shape index (κ1) is 23.9. The number of hydrazone groups is 1. The topological polar surface area (TPSA) is 69.2 Å². The van der Waals surface area contributed by atoms with Crippen molar-refractivity contribution in [1.29, 1.82) is 0 Å². The lowest BCUT2D eigenvalue weighted by molar-refractivity contribution is 0.0952.